The van der Waals surface area contributed by atoms with E-state index in [1.54, 1.807) is 40.0 Å². The van der Waals surface area contributed by atoms with Gasteiger partial charge in [0.2, 0.25) is 15.9 Å². The van der Waals surface area contributed by atoms with Gasteiger partial charge in [0, 0.05) is 23.7 Å². The Morgan fingerprint density at radius 3 is 2.40 bits per heavy atom. The molecule has 0 saturated carbocycles. The number of carbonyl (C=O) groups excluding carboxylic acids is 1. The number of rotatable bonds is 11. The molecule has 164 valence electrons. The normalized spacial score (nSPS) is 11.4. The number of para-hydroxylation sites is 1. The molecule has 0 aliphatic heterocycles. The molecule has 2 aromatic rings. The van der Waals surface area contributed by atoms with Gasteiger partial charge in [-0.15, -0.1) is 11.8 Å². The quantitative estimate of drug-likeness (QED) is 0.521. The first-order valence-corrected chi connectivity index (χ1v) is 12.1. The smallest absolute Gasteiger partial charge is 0.246 e. The predicted molar refractivity (Wildman–Crippen MR) is 120 cm³/mol. The molecule has 0 aliphatic rings. The zero-order valence-electron chi connectivity index (χ0n) is 17.7. The number of thioether (sulfide) groups is 1. The molecule has 2 aromatic carbocycles. The molecule has 0 radical (unpaired) electrons. The molecule has 0 bridgehead atoms. The third-order valence-electron chi connectivity index (χ3n) is 4.28. The molecule has 7 nitrogen and oxygen atoms in total. The number of carbonyl (C=O) groups is 1. The lowest BCUT2D eigenvalue weighted by Crippen LogP contribution is -2.31. The van der Waals surface area contributed by atoms with Crippen molar-refractivity contribution in [3.8, 4) is 11.5 Å². The van der Waals surface area contributed by atoms with Crippen LogP contribution < -0.4 is 14.8 Å². The Labute approximate surface area is 182 Å². The van der Waals surface area contributed by atoms with Crippen LogP contribution in [0.15, 0.2) is 52.3 Å². The van der Waals surface area contributed by atoms with Gasteiger partial charge in [0.1, 0.15) is 16.4 Å². The molecule has 0 aromatic heterocycles. The first-order valence-electron chi connectivity index (χ1n) is 9.69. The van der Waals surface area contributed by atoms with Gasteiger partial charge in [0.25, 0.3) is 0 Å². The number of nitrogens with zero attached hydrogens (tertiary/aromatic N) is 1. The highest BCUT2D eigenvalue weighted by Gasteiger charge is 2.26. The maximum absolute atomic E-state index is 13.0. The second-order valence-corrected chi connectivity index (χ2v) is 9.10. The number of ether oxygens (including phenoxy) is 2. The topological polar surface area (TPSA) is 84.9 Å². The number of hydrogen-bond donors (Lipinski definition) is 1. The van der Waals surface area contributed by atoms with Crippen molar-refractivity contribution >= 4 is 33.4 Å². The van der Waals surface area contributed by atoms with Crippen molar-refractivity contribution in [3.63, 3.8) is 0 Å². The second-order valence-electron chi connectivity index (χ2n) is 6.17. The summed E-state index contributed by atoms with van der Waals surface area (Å²) in [4.78, 5) is 13.3. The summed E-state index contributed by atoms with van der Waals surface area (Å²) in [7, 11) is -2.16. The third-order valence-corrected chi connectivity index (χ3v) is 7.40. The van der Waals surface area contributed by atoms with Crippen molar-refractivity contribution in [1.82, 2.24) is 4.31 Å². The van der Waals surface area contributed by atoms with Gasteiger partial charge in [-0.2, -0.15) is 4.31 Å². The number of nitrogens with one attached hydrogen (secondary N) is 1. The first-order chi connectivity index (χ1) is 14.4. The van der Waals surface area contributed by atoms with Gasteiger partial charge < -0.3 is 14.8 Å². The highest BCUT2D eigenvalue weighted by molar-refractivity contribution is 8.00. The molecule has 2 rings (SSSR count). The molecule has 30 heavy (non-hydrogen) atoms. The highest BCUT2D eigenvalue weighted by Crippen LogP contribution is 2.31. The van der Waals surface area contributed by atoms with E-state index in [9.17, 15) is 13.2 Å². The Bertz CT molecular complexity index is 960. The molecule has 0 aliphatic carbocycles. The van der Waals surface area contributed by atoms with Gasteiger partial charge >= 0.3 is 0 Å². The summed E-state index contributed by atoms with van der Waals surface area (Å²) in [5.74, 6) is 0.877. The number of hydrogen-bond acceptors (Lipinski definition) is 6. The lowest BCUT2D eigenvalue weighted by Gasteiger charge is -2.21. The predicted octanol–water partition coefficient (Wildman–Crippen LogP) is 3.86. The van der Waals surface area contributed by atoms with E-state index in [-0.39, 0.29) is 22.3 Å². The first kappa shape index (κ1) is 24.0. The Hall–Kier alpha value is -2.23. The number of amides is 1. The van der Waals surface area contributed by atoms with E-state index < -0.39 is 10.0 Å². The van der Waals surface area contributed by atoms with Gasteiger partial charge in [0.05, 0.1) is 19.5 Å². The maximum atomic E-state index is 13.0. The molecular weight excluding hydrogens is 424 g/mol. The maximum Gasteiger partial charge on any atom is 0.246 e. The Morgan fingerprint density at radius 2 is 1.77 bits per heavy atom. The van der Waals surface area contributed by atoms with E-state index in [1.807, 2.05) is 24.3 Å². The van der Waals surface area contributed by atoms with Gasteiger partial charge in [-0.05, 0) is 37.3 Å². The molecule has 1 N–H and O–H groups in total. The lowest BCUT2D eigenvalue weighted by molar-refractivity contribution is -0.113. The van der Waals surface area contributed by atoms with Crippen LogP contribution in [0.2, 0.25) is 0 Å². The minimum Gasteiger partial charge on any atom is -0.496 e. The summed E-state index contributed by atoms with van der Waals surface area (Å²) < 4.78 is 38.2. The van der Waals surface area contributed by atoms with Gasteiger partial charge in [-0.25, -0.2) is 8.42 Å². The fourth-order valence-electron chi connectivity index (χ4n) is 2.84. The molecule has 0 saturated heterocycles. The van der Waals surface area contributed by atoms with Crippen molar-refractivity contribution in [2.75, 3.05) is 37.9 Å². The Morgan fingerprint density at radius 1 is 1.07 bits per heavy atom. The largest absolute Gasteiger partial charge is 0.496 e. The molecule has 0 heterocycles. The average Bonchev–Trinajstić information content (AvgIpc) is 2.74. The molecule has 0 spiro atoms. The number of methoxy groups -OCH3 is 1. The van der Waals surface area contributed by atoms with E-state index in [1.165, 1.54) is 22.1 Å². The van der Waals surface area contributed by atoms with Gasteiger partial charge in [-0.1, -0.05) is 26.0 Å². The van der Waals surface area contributed by atoms with Crippen LogP contribution in [0.25, 0.3) is 0 Å². The summed E-state index contributed by atoms with van der Waals surface area (Å²) >= 11 is 1.34. The molecule has 0 atom stereocenters. The number of benzene rings is 2. The second kappa shape index (κ2) is 11.2. The fraction of sp³-hybridized carbons (Fsp3) is 0.381. The average molecular weight is 453 g/mol. The standard InChI is InChI=1S/C21H28N2O5S2/c1-5-23(6-2)30(25,26)20-14-16(12-13-18(20)28-7-3)22-21(24)15-29-19-11-9-8-10-17(19)27-4/h8-14H,5-7,15H2,1-4H3,(H,22,24). The fourth-order valence-corrected chi connectivity index (χ4v) is 5.29. The minimum atomic E-state index is -3.74. The Kier molecular flexibility index (Phi) is 9.01. The van der Waals surface area contributed by atoms with Crippen LogP contribution in [0.5, 0.6) is 11.5 Å². The van der Waals surface area contributed by atoms with Crippen molar-refractivity contribution in [1.29, 1.82) is 0 Å². The Balaban J connectivity index is 2.20. The highest BCUT2D eigenvalue weighted by atomic mass is 32.2. The number of anilines is 1. The SMILES string of the molecule is CCOc1ccc(NC(=O)CSc2ccccc2OC)cc1S(=O)(=O)N(CC)CC. The molecule has 0 unspecified atom stereocenters. The zero-order valence-corrected chi connectivity index (χ0v) is 19.3. The minimum absolute atomic E-state index is 0.0447. The van der Waals surface area contributed by atoms with Crippen molar-refractivity contribution in [3.05, 3.63) is 42.5 Å². The summed E-state index contributed by atoms with van der Waals surface area (Å²) in [6.45, 7) is 6.37. The number of sulfonamides is 1. The zero-order chi connectivity index (χ0) is 22.1. The van der Waals surface area contributed by atoms with Crippen LogP contribution in [0.4, 0.5) is 5.69 Å². The molecular formula is C21H28N2O5S2. The van der Waals surface area contributed by atoms with Crippen LogP contribution in [0.3, 0.4) is 0 Å². The third kappa shape index (κ3) is 5.90. The van der Waals surface area contributed by atoms with Crippen LogP contribution in [-0.2, 0) is 14.8 Å². The van der Waals surface area contributed by atoms with E-state index in [0.29, 0.717) is 31.1 Å². The summed E-state index contributed by atoms with van der Waals surface area (Å²) in [6.07, 6.45) is 0. The van der Waals surface area contributed by atoms with E-state index >= 15 is 0 Å². The van der Waals surface area contributed by atoms with E-state index in [0.717, 1.165) is 4.90 Å². The van der Waals surface area contributed by atoms with Crippen LogP contribution in [0.1, 0.15) is 20.8 Å². The van der Waals surface area contributed by atoms with E-state index in [4.69, 9.17) is 9.47 Å². The van der Waals surface area contributed by atoms with Crippen molar-refractivity contribution in [2.24, 2.45) is 0 Å². The van der Waals surface area contributed by atoms with Gasteiger partial charge in [-0.3, -0.25) is 4.79 Å². The summed E-state index contributed by atoms with van der Waals surface area (Å²) in [5.41, 5.74) is 0.398. The summed E-state index contributed by atoms with van der Waals surface area (Å²) in [5, 5.41) is 2.77. The van der Waals surface area contributed by atoms with Crippen LogP contribution in [0, 0.1) is 0 Å². The molecule has 0 fully saturated rings. The molecule has 1 amide bonds. The summed E-state index contributed by atoms with van der Waals surface area (Å²) in [6, 6.07) is 12.1. The monoisotopic (exact) mass is 452 g/mol. The van der Waals surface area contributed by atoms with Crippen LogP contribution >= 0.6 is 11.8 Å². The van der Waals surface area contributed by atoms with Crippen molar-refractivity contribution in [2.45, 2.75) is 30.6 Å². The molecule has 9 heteroatoms. The van der Waals surface area contributed by atoms with Crippen LogP contribution in [-0.4, -0.2) is 51.2 Å². The lowest BCUT2D eigenvalue weighted by atomic mass is 10.3. The van der Waals surface area contributed by atoms with E-state index in [2.05, 4.69) is 5.32 Å². The van der Waals surface area contributed by atoms with Crippen molar-refractivity contribution < 1.29 is 22.7 Å². The van der Waals surface area contributed by atoms with Gasteiger partial charge in [0.15, 0.2) is 0 Å².